The van der Waals surface area contributed by atoms with Crippen LogP contribution in [-0.4, -0.2) is 29.3 Å². The predicted octanol–water partition coefficient (Wildman–Crippen LogP) is 2.41. The zero-order valence-corrected chi connectivity index (χ0v) is 13.1. The van der Waals surface area contributed by atoms with E-state index < -0.39 is 6.04 Å². The van der Waals surface area contributed by atoms with E-state index in [1.165, 1.54) is 12.1 Å². The highest BCUT2D eigenvalue weighted by molar-refractivity contribution is 6.21. The number of amides is 2. The first-order chi connectivity index (χ1) is 10.6. The van der Waals surface area contributed by atoms with Gasteiger partial charge in [0.15, 0.2) is 0 Å². The molecule has 4 nitrogen and oxygen atoms in total. The van der Waals surface area contributed by atoms with Crippen LogP contribution in [-0.2, 0) is 6.42 Å². The molecular formula is C17H16ClFN2O2. The molecule has 0 bridgehead atoms. The van der Waals surface area contributed by atoms with Crippen LogP contribution in [0.2, 0.25) is 0 Å². The minimum atomic E-state index is -0.441. The number of halogens is 2. The molecule has 0 radical (unpaired) electrons. The average molecular weight is 335 g/mol. The number of benzene rings is 2. The van der Waals surface area contributed by atoms with Crippen molar-refractivity contribution in [2.24, 2.45) is 5.73 Å². The summed E-state index contributed by atoms with van der Waals surface area (Å²) in [7, 11) is 0. The average Bonchev–Trinajstić information content (AvgIpc) is 2.73. The summed E-state index contributed by atoms with van der Waals surface area (Å²) in [4.78, 5) is 25.6. The highest BCUT2D eigenvalue weighted by Crippen LogP contribution is 2.22. The van der Waals surface area contributed by atoms with E-state index in [0.717, 1.165) is 10.5 Å². The normalized spacial score (nSPS) is 14.4. The van der Waals surface area contributed by atoms with E-state index in [0.29, 0.717) is 17.5 Å². The molecule has 1 aliphatic rings. The number of fused-ring (bicyclic) bond motifs is 1. The topological polar surface area (TPSA) is 63.4 Å². The van der Waals surface area contributed by atoms with Gasteiger partial charge in [-0.15, -0.1) is 12.4 Å². The smallest absolute Gasteiger partial charge is 0.261 e. The molecule has 1 aliphatic heterocycles. The van der Waals surface area contributed by atoms with Crippen molar-refractivity contribution in [3.8, 4) is 0 Å². The van der Waals surface area contributed by atoms with Gasteiger partial charge in [-0.3, -0.25) is 14.5 Å². The Morgan fingerprint density at radius 2 is 1.61 bits per heavy atom. The molecule has 0 aromatic heterocycles. The van der Waals surface area contributed by atoms with Crippen molar-refractivity contribution in [2.45, 2.75) is 12.5 Å². The van der Waals surface area contributed by atoms with Crippen molar-refractivity contribution in [3.63, 3.8) is 0 Å². The van der Waals surface area contributed by atoms with E-state index in [1.54, 1.807) is 36.4 Å². The van der Waals surface area contributed by atoms with E-state index in [9.17, 15) is 14.0 Å². The lowest BCUT2D eigenvalue weighted by Gasteiger charge is -2.19. The number of rotatable bonds is 4. The minimum Gasteiger partial charge on any atom is -0.326 e. The van der Waals surface area contributed by atoms with Crippen molar-refractivity contribution in [2.75, 3.05) is 6.54 Å². The molecule has 0 fully saturated rings. The van der Waals surface area contributed by atoms with Crippen molar-refractivity contribution >= 4 is 24.2 Å². The van der Waals surface area contributed by atoms with Crippen LogP contribution in [0.1, 0.15) is 26.3 Å². The molecule has 0 saturated carbocycles. The molecule has 2 aromatic carbocycles. The second kappa shape index (κ2) is 6.89. The fraction of sp³-hybridized carbons (Fsp3) is 0.176. The maximum absolute atomic E-state index is 13.2. The van der Waals surface area contributed by atoms with Crippen molar-refractivity contribution < 1.29 is 14.0 Å². The summed E-state index contributed by atoms with van der Waals surface area (Å²) in [5.41, 5.74) is 7.58. The monoisotopic (exact) mass is 334 g/mol. The van der Waals surface area contributed by atoms with Crippen molar-refractivity contribution in [3.05, 3.63) is 71.0 Å². The number of carbonyl (C=O) groups excluding carboxylic acids is 2. The van der Waals surface area contributed by atoms with Gasteiger partial charge in [-0.05, 0) is 36.2 Å². The molecule has 120 valence electrons. The Hall–Kier alpha value is -2.24. The minimum absolute atomic E-state index is 0. The Morgan fingerprint density at radius 1 is 1.00 bits per heavy atom. The van der Waals surface area contributed by atoms with Gasteiger partial charge in [0.2, 0.25) is 0 Å². The third kappa shape index (κ3) is 3.41. The second-order valence-corrected chi connectivity index (χ2v) is 5.36. The van der Waals surface area contributed by atoms with Gasteiger partial charge < -0.3 is 5.73 Å². The highest BCUT2D eigenvalue weighted by Gasteiger charge is 2.35. The van der Waals surface area contributed by atoms with Crippen LogP contribution in [0.15, 0.2) is 48.5 Å². The third-order valence-electron chi connectivity index (χ3n) is 3.68. The van der Waals surface area contributed by atoms with Crippen molar-refractivity contribution in [1.82, 2.24) is 4.90 Å². The first kappa shape index (κ1) is 17.1. The molecule has 0 unspecified atom stereocenters. The maximum atomic E-state index is 13.2. The zero-order valence-electron chi connectivity index (χ0n) is 12.2. The van der Waals surface area contributed by atoms with Crippen LogP contribution in [0.3, 0.4) is 0 Å². The van der Waals surface area contributed by atoms with Gasteiger partial charge in [0.05, 0.1) is 11.1 Å². The second-order valence-electron chi connectivity index (χ2n) is 5.36. The van der Waals surface area contributed by atoms with E-state index in [-0.39, 0.29) is 36.6 Å². The molecule has 6 heteroatoms. The first-order valence-electron chi connectivity index (χ1n) is 7.01. The fourth-order valence-corrected chi connectivity index (χ4v) is 2.67. The highest BCUT2D eigenvalue weighted by atomic mass is 35.5. The lowest BCUT2D eigenvalue weighted by atomic mass is 10.1. The zero-order chi connectivity index (χ0) is 15.7. The van der Waals surface area contributed by atoms with Crippen LogP contribution in [0.25, 0.3) is 0 Å². The van der Waals surface area contributed by atoms with Gasteiger partial charge in [0, 0.05) is 12.6 Å². The Labute approximate surface area is 139 Å². The Kier molecular flexibility index (Phi) is 5.13. The standard InChI is InChI=1S/C17H15FN2O2.ClH/c18-12-5-3-4-11(8-12)9-13(19)10-20-16(21)14-6-1-2-7-15(14)17(20)22;/h1-8,13H,9-10,19H2;1H/t13-;/m0./s1. The third-order valence-corrected chi connectivity index (χ3v) is 3.68. The van der Waals surface area contributed by atoms with Gasteiger partial charge in [-0.25, -0.2) is 4.39 Å². The molecule has 0 aliphatic carbocycles. The molecule has 0 spiro atoms. The lowest BCUT2D eigenvalue weighted by Crippen LogP contribution is -2.41. The number of imide groups is 1. The SMILES string of the molecule is Cl.N[C@@H](Cc1cccc(F)c1)CN1C(=O)c2ccccc2C1=O. The van der Waals surface area contributed by atoms with E-state index in [1.807, 2.05) is 0 Å². The first-order valence-corrected chi connectivity index (χ1v) is 7.01. The van der Waals surface area contributed by atoms with Crippen LogP contribution < -0.4 is 5.73 Å². The van der Waals surface area contributed by atoms with Crippen molar-refractivity contribution in [1.29, 1.82) is 0 Å². The number of nitrogens with two attached hydrogens (primary N) is 1. The van der Waals surface area contributed by atoms with Gasteiger partial charge in [0.1, 0.15) is 5.82 Å². The summed E-state index contributed by atoms with van der Waals surface area (Å²) >= 11 is 0. The molecule has 2 N–H and O–H groups in total. The fourth-order valence-electron chi connectivity index (χ4n) is 2.67. The summed E-state index contributed by atoms with van der Waals surface area (Å²) < 4.78 is 13.2. The summed E-state index contributed by atoms with van der Waals surface area (Å²) in [5.74, 6) is -0.976. The predicted molar refractivity (Wildman–Crippen MR) is 87.1 cm³/mol. The van der Waals surface area contributed by atoms with Gasteiger partial charge >= 0.3 is 0 Å². The van der Waals surface area contributed by atoms with Crippen LogP contribution in [0, 0.1) is 5.82 Å². The summed E-state index contributed by atoms with van der Waals surface area (Å²) in [6.45, 7) is 0.114. The molecule has 1 heterocycles. The van der Waals surface area contributed by atoms with Crippen LogP contribution in [0.4, 0.5) is 4.39 Å². The Morgan fingerprint density at radius 3 is 2.17 bits per heavy atom. The summed E-state index contributed by atoms with van der Waals surface area (Å²) in [6.07, 6.45) is 0.394. The molecule has 0 saturated heterocycles. The van der Waals surface area contributed by atoms with E-state index >= 15 is 0 Å². The van der Waals surface area contributed by atoms with Crippen LogP contribution in [0.5, 0.6) is 0 Å². The number of hydrogen-bond donors (Lipinski definition) is 1. The Bertz CT molecular complexity index is 716. The maximum Gasteiger partial charge on any atom is 0.261 e. The van der Waals surface area contributed by atoms with E-state index in [2.05, 4.69) is 0 Å². The molecule has 2 aromatic rings. The largest absolute Gasteiger partial charge is 0.326 e. The van der Waals surface area contributed by atoms with Crippen LogP contribution >= 0.6 is 12.4 Å². The van der Waals surface area contributed by atoms with E-state index in [4.69, 9.17) is 5.73 Å². The quantitative estimate of drug-likeness (QED) is 0.873. The molecule has 23 heavy (non-hydrogen) atoms. The molecule has 3 rings (SSSR count). The number of hydrogen-bond acceptors (Lipinski definition) is 3. The van der Waals surface area contributed by atoms with Gasteiger partial charge in [-0.1, -0.05) is 24.3 Å². The molecule has 1 atom stereocenters. The van der Waals surface area contributed by atoms with Gasteiger partial charge in [0.25, 0.3) is 11.8 Å². The Balaban J connectivity index is 0.00000192. The molecular weight excluding hydrogens is 319 g/mol. The number of carbonyl (C=O) groups is 2. The lowest BCUT2D eigenvalue weighted by molar-refractivity contribution is 0.0644. The summed E-state index contributed by atoms with van der Waals surface area (Å²) in [5, 5.41) is 0. The number of nitrogens with zero attached hydrogens (tertiary/aromatic N) is 1. The van der Waals surface area contributed by atoms with Gasteiger partial charge in [-0.2, -0.15) is 0 Å². The molecule has 2 amide bonds. The summed E-state index contributed by atoms with van der Waals surface area (Å²) in [6, 6.07) is 12.4.